The fourth-order valence-corrected chi connectivity index (χ4v) is 5.28. The van der Waals surface area contributed by atoms with E-state index in [0.29, 0.717) is 11.5 Å². The molecule has 36 heavy (non-hydrogen) atoms. The molecule has 4 rings (SSSR count). The number of benzene rings is 2. The second-order valence-electron chi connectivity index (χ2n) is 9.09. The zero-order valence-electron chi connectivity index (χ0n) is 20.3. The molecule has 2 aromatic carbocycles. The average molecular weight is 520 g/mol. The van der Waals surface area contributed by atoms with Crippen LogP contribution in [0.15, 0.2) is 42.5 Å². The smallest absolute Gasteiger partial charge is 0.244 e. The van der Waals surface area contributed by atoms with Crippen LogP contribution in [0.5, 0.6) is 11.5 Å². The van der Waals surface area contributed by atoms with Crippen molar-refractivity contribution in [3.8, 4) is 11.5 Å². The Labute approximate surface area is 210 Å². The van der Waals surface area contributed by atoms with E-state index in [2.05, 4.69) is 5.32 Å². The molecule has 9 nitrogen and oxygen atoms in total. The van der Waals surface area contributed by atoms with Crippen LogP contribution in [0.4, 0.5) is 10.1 Å². The van der Waals surface area contributed by atoms with Crippen molar-refractivity contribution in [2.24, 2.45) is 0 Å². The number of halogens is 1. The SMILES string of the molecule is C[C@H](C(=O)NC1CCCC1)N(Cc1ccccc1F)C(=O)CN(c1ccc2c(c1)OCO2)S(C)(=O)=O. The summed E-state index contributed by atoms with van der Waals surface area (Å²) < 4.78 is 51.4. The first-order valence-corrected chi connectivity index (χ1v) is 13.7. The van der Waals surface area contributed by atoms with Crippen LogP contribution in [0.2, 0.25) is 0 Å². The number of nitrogens with one attached hydrogen (secondary N) is 1. The fraction of sp³-hybridized carbons (Fsp3) is 0.440. The van der Waals surface area contributed by atoms with Gasteiger partial charge in [0.05, 0.1) is 11.9 Å². The Bertz CT molecular complexity index is 1230. The molecule has 194 valence electrons. The standard InChI is InChI=1S/C25H30FN3O6S/c1-17(25(31)27-19-8-4-5-9-19)28(14-18-7-3-6-10-21(18)26)24(30)15-29(36(2,32)33)20-11-12-22-23(13-20)35-16-34-22/h3,6-7,10-13,17,19H,4-5,8-9,14-16H2,1-2H3,(H,27,31)/t17-/m1/s1. The number of ether oxygens (including phenoxy) is 2. The number of hydrogen-bond acceptors (Lipinski definition) is 6. The van der Waals surface area contributed by atoms with Gasteiger partial charge in [0.25, 0.3) is 0 Å². The minimum Gasteiger partial charge on any atom is -0.454 e. The number of fused-ring (bicyclic) bond motifs is 1. The zero-order chi connectivity index (χ0) is 25.9. The number of nitrogens with zero attached hydrogens (tertiary/aromatic N) is 2. The van der Waals surface area contributed by atoms with Crippen LogP contribution in [0.3, 0.4) is 0 Å². The van der Waals surface area contributed by atoms with Crippen LogP contribution < -0.4 is 19.1 Å². The van der Waals surface area contributed by atoms with Gasteiger partial charge in [0.2, 0.25) is 28.6 Å². The Balaban J connectivity index is 1.60. The highest BCUT2D eigenvalue weighted by Crippen LogP contribution is 2.36. The van der Waals surface area contributed by atoms with Gasteiger partial charge >= 0.3 is 0 Å². The first-order chi connectivity index (χ1) is 17.1. The summed E-state index contributed by atoms with van der Waals surface area (Å²) in [5, 5.41) is 2.97. The molecule has 11 heteroatoms. The van der Waals surface area contributed by atoms with E-state index >= 15 is 0 Å². The number of amides is 2. The van der Waals surface area contributed by atoms with Crippen LogP contribution >= 0.6 is 0 Å². The Hall–Kier alpha value is -3.34. The van der Waals surface area contributed by atoms with E-state index in [-0.39, 0.29) is 36.5 Å². The second-order valence-corrected chi connectivity index (χ2v) is 11.0. The Morgan fingerprint density at radius 3 is 2.50 bits per heavy atom. The number of carbonyl (C=O) groups is 2. The molecular formula is C25H30FN3O6S. The van der Waals surface area contributed by atoms with Crippen LogP contribution in [0.25, 0.3) is 0 Å². The maximum atomic E-state index is 14.5. The predicted octanol–water partition coefficient (Wildman–Crippen LogP) is 2.80. The van der Waals surface area contributed by atoms with Crippen LogP contribution in [0, 0.1) is 5.82 Å². The number of anilines is 1. The molecule has 1 N–H and O–H groups in total. The number of hydrogen-bond donors (Lipinski definition) is 1. The van der Waals surface area contributed by atoms with E-state index in [1.165, 1.54) is 35.2 Å². The molecule has 1 atom stereocenters. The average Bonchev–Trinajstić information content (AvgIpc) is 3.52. The molecule has 1 aliphatic heterocycles. The minimum atomic E-state index is -3.89. The maximum Gasteiger partial charge on any atom is 0.244 e. The molecule has 0 aromatic heterocycles. The van der Waals surface area contributed by atoms with Crippen molar-refractivity contribution in [2.45, 2.75) is 51.2 Å². The normalized spacial score (nSPS) is 16.0. The lowest BCUT2D eigenvalue weighted by molar-refractivity contribution is -0.139. The summed E-state index contributed by atoms with van der Waals surface area (Å²) in [6.45, 7) is 0.812. The first kappa shape index (κ1) is 25.7. The second kappa shape index (κ2) is 10.7. The van der Waals surface area contributed by atoms with Gasteiger partial charge in [-0.25, -0.2) is 12.8 Å². The summed E-state index contributed by atoms with van der Waals surface area (Å²) in [6.07, 6.45) is 4.77. The lowest BCUT2D eigenvalue weighted by atomic mass is 10.1. The zero-order valence-corrected chi connectivity index (χ0v) is 21.1. The minimum absolute atomic E-state index is 0.0145. The Kier molecular flexibility index (Phi) is 7.67. The van der Waals surface area contributed by atoms with E-state index in [9.17, 15) is 22.4 Å². The van der Waals surface area contributed by atoms with E-state index in [1.54, 1.807) is 19.1 Å². The van der Waals surface area contributed by atoms with Gasteiger partial charge in [0.1, 0.15) is 18.4 Å². The van der Waals surface area contributed by atoms with Crippen molar-refractivity contribution in [3.05, 3.63) is 53.8 Å². The van der Waals surface area contributed by atoms with E-state index < -0.39 is 34.3 Å². The van der Waals surface area contributed by atoms with Gasteiger partial charge in [0.15, 0.2) is 11.5 Å². The highest BCUT2D eigenvalue weighted by atomic mass is 32.2. The van der Waals surface area contributed by atoms with E-state index in [4.69, 9.17) is 9.47 Å². The molecule has 0 unspecified atom stereocenters. The number of carbonyl (C=O) groups excluding carboxylic acids is 2. The molecule has 1 heterocycles. The molecule has 1 fully saturated rings. The molecule has 0 saturated heterocycles. The quantitative estimate of drug-likeness (QED) is 0.546. The molecular weight excluding hydrogens is 489 g/mol. The van der Waals surface area contributed by atoms with Crippen molar-refractivity contribution < 1.29 is 31.9 Å². The number of rotatable bonds is 9. The molecule has 0 spiro atoms. The Morgan fingerprint density at radius 2 is 1.81 bits per heavy atom. The summed E-state index contributed by atoms with van der Waals surface area (Å²) in [4.78, 5) is 27.8. The lowest BCUT2D eigenvalue weighted by Crippen LogP contribution is -2.52. The molecule has 1 aliphatic carbocycles. The largest absolute Gasteiger partial charge is 0.454 e. The van der Waals surface area contributed by atoms with Crippen molar-refractivity contribution in [1.29, 1.82) is 0 Å². The van der Waals surface area contributed by atoms with Gasteiger partial charge < -0.3 is 19.7 Å². The van der Waals surface area contributed by atoms with Gasteiger partial charge in [0, 0.05) is 24.2 Å². The van der Waals surface area contributed by atoms with Gasteiger partial charge in [-0.05, 0) is 38.0 Å². The third-order valence-electron chi connectivity index (χ3n) is 6.49. The van der Waals surface area contributed by atoms with Gasteiger partial charge in [-0.15, -0.1) is 0 Å². The first-order valence-electron chi connectivity index (χ1n) is 11.8. The van der Waals surface area contributed by atoms with Crippen molar-refractivity contribution in [1.82, 2.24) is 10.2 Å². The van der Waals surface area contributed by atoms with Crippen LogP contribution in [-0.2, 0) is 26.2 Å². The third-order valence-corrected chi connectivity index (χ3v) is 7.63. The molecule has 2 aliphatic rings. The topological polar surface area (TPSA) is 105 Å². The molecule has 2 aromatic rings. The van der Waals surface area contributed by atoms with Crippen molar-refractivity contribution >= 4 is 27.5 Å². The van der Waals surface area contributed by atoms with E-state index in [0.717, 1.165) is 36.2 Å². The molecule has 0 radical (unpaired) electrons. The van der Waals surface area contributed by atoms with Crippen molar-refractivity contribution in [3.63, 3.8) is 0 Å². The summed E-state index contributed by atoms with van der Waals surface area (Å²) in [5.74, 6) is -0.691. The van der Waals surface area contributed by atoms with Gasteiger partial charge in [-0.3, -0.25) is 13.9 Å². The summed E-state index contributed by atoms with van der Waals surface area (Å²) in [6, 6.07) is 9.62. The molecule has 0 bridgehead atoms. The predicted molar refractivity (Wildman–Crippen MR) is 132 cm³/mol. The highest BCUT2D eigenvalue weighted by Gasteiger charge is 2.32. The van der Waals surface area contributed by atoms with E-state index in [1.807, 2.05) is 0 Å². The van der Waals surface area contributed by atoms with Gasteiger partial charge in [-0.2, -0.15) is 0 Å². The molecule has 1 saturated carbocycles. The number of sulfonamides is 1. The van der Waals surface area contributed by atoms with Crippen LogP contribution in [0.1, 0.15) is 38.2 Å². The summed E-state index contributed by atoms with van der Waals surface area (Å²) in [5.41, 5.74) is 0.435. The molecule has 2 amide bonds. The monoisotopic (exact) mass is 519 g/mol. The highest BCUT2D eigenvalue weighted by molar-refractivity contribution is 7.92. The fourth-order valence-electron chi connectivity index (χ4n) is 4.44. The maximum absolute atomic E-state index is 14.5. The van der Waals surface area contributed by atoms with Crippen LogP contribution in [-0.4, -0.2) is 56.8 Å². The van der Waals surface area contributed by atoms with Gasteiger partial charge in [-0.1, -0.05) is 31.0 Å². The lowest BCUT2D eigenvalue weighted by Gasteiger charge is -2.32. The Morgan fingerprint density at radius 1 is 1.11 bits per heavy atom. The summed E-state index contributed by atoms with van der Waals surface area (Å²) in [7, 11) is -3.89. The summed E-state index contributed by atoms with van der Waals surface area (Å²) >= 11 is 0. The third kappa shape index (κ3) is 5.89. The van der Waals surface area contributed by atoms with Crippen molar-refractivity contribution in [2.75, 3.05) is 23.9 Å².